The minimum absolute atomic E-state index is 0.108. The van der Waals surface area contributed by atoms with Gasteiger partial charge in [-0.05, 0) is 148 Å². The Morgan fingerprint density at radius 2 is 0.481 bits per heavy atom. The Kier molecular flexibility index (Phi) is 62.0. The van der Waals surface area contributed by atoms with Gasteiger partial charge in [0.05, 0.1) is 0 Å². The Bertz CT molecular complexity index is 1950. The SMILES string of the molecule is CC/C=C\C/C=C\C/C=C\C/C=C\C/C=C\C/C=C\C/C=C\C/C=C\C/C=C\CCCCCCCC(=O)OCC(COC(=O)CCCCCCC)OC(=O)CCCCC/C=C\C/C=C\C/C=C\C/C=C\C/C=C\C/C=C\C/C=C\CC. The number of esters is 3. The van der Waals surface area contributed by atoms with E-state index >= 15 is 0 Å². The first-order chi connectivity index (χ1) is 40.0. The zero-order valence-electron chi connectivity index (χ0n) is 51.5. The van der Waals surface area contributed by atoms with E-state index in [0.717, 1.165) is 193 Å². The molecule has 0 amide bonds. The third-order valence-corrected chi connectivity index (χ3v) is 12.6. The largest absolute Gasteiger partial charge is 0.462 e. The van der Waals surface area contributed by atoms with Crippen molar-refractivity contribution in [3.63, 3.8) is 0 Å². The predicted octanol–water partition coefficient (Wildman–Crippen LogP) is 22.2. The van der Waals surface area contributed by atoms with Gasteiger partial charge in [0, 0.05) is 19.3 Å². The highest BCUT2D eigenvalue weighted by atomic mass is 16.6. The fourth-order valence-corrected chi connectivity index (χ4v) is 7.88. The average Bonchev–Trinajstić information content (AvgIpc) is 3.47. The number of rotatable bonds is 55. The van der Waals surface area contributed by atoms with Gasteiger partial charge in [-0.15, -0.1) is 0 Å². The van der Waals surface area contributed by atoms with Gasteiger partial charge < -0.3 is 14.2 Å². The Balaban J connectivity index is 4.22. The lowest BCUT2D eigenvalue weighted by Gasteiger charge is -2.18. The van der Waals surface area contributed by atoms with Crippen molar-refractivity contribution in [2.24, 2.45) is 0 Å². The maximum absolute atomic E-state index is 12.8. The maximum Gasteiger partial charge on any atom is 0.306 e. The predicted molar refractivity (Wildman–Crippen MR) is 352 cm³/mol. The first kappa shape index (κ1) is 75.2. The first-order valence-corrected chi connectivity index (χ1v) is 31.9. The van der Waals surface area contributed by atoms with Gasteiger partial charge in [-0.3, -0.25) is 14.4 Å². The molecule has 0 heterocycles. The average molecular weight is 1110 g/mol. The van der Waals surface area contributed by atoms with Crippen LogP contribution in [0, 0.1) is 0 Å². The lowest BCUT2D eigenvalue weighted by atomic mass is 10.1. The van der Waals surface area contributed by atoms with Gasteiger partial charge in [-0.25, -0.2) is 0 Å². The third kappa shape index (κ3) is 64.9. The van der Waals surface area contributed by atoms with Gasteiger partial charge >= 0.3 is 17.9 Å². The number of hydrogen-bond donors (Lipinski definition) is 0. The van der Waals surface area contributed by atoms with Crippen molar-refractivity contribution in [2.75, 3.05) is 13.2 Å². The number of hydrogen-bond acceptors (Lipinski definition) is 6. The molecule has 1 atom stereocenters. The summed E-state index contributed by atoms with van der Waals surface area (Å²) >= 11 is 0. The minimum atomic E-state index is -0.813. The monoisotopic (exact) mass is 1110 g/mol. The summed E-state index contributed by atoms with van der Waals surface area (Å²) in [6, 6.07) is 0. The van der Waals surface area contributed by atoms with Crippen LogP contribution in [0.3, 0.4) is 0 Å². The molecule has 0 saturated heterocycles. The quantitative estimate of drug-likeness (QED) is 0.0261. The minimum Gasteiger partial charge on any atom is -0.462 e. The molecule has 1 unspecified atom stereocenters. The molecular formula is C75H114O6. The normalized spacial score (nSPS) is 13.5. The van der Waals surface area contributed by atoms with Crippen molar-refractivity contribution in [1.82, 2.24) is 0 Å². The molecule has 450 valence electrons. The fourth-order valence-electron chi connectivity index (χ4n) is 7.88. The van der Waals surface area contributed by atoms with Crippen molar-refractivity contribution in [3.8, 4) is 0 Å². The van der Waals surface area contributed by atoms with Crippen LogP contribution in [-0.2, 0) is 28.6 Å². The summed E-state index contributed by atoms with van der Waals surface area (Å²) < 4.78 is 16.7. The molecule has 81 heavy (non-hydrogen) atoms. The molecule has 6 heteroatoms. The lowest BCUT2D eigenvalue weighted by Crippen LogP contribution is -2.30. The first-order valence-electron chi connectivity index (χ1n) is 31.9. The van der Waals surface area contributed by atoms with Crippen molar-refractivity contribution in [2.45, 2.75) is 245 Å². The van der Waals surface area contributed by atoms with E-state index < -0.39 is 6.10 Å². The number of ether oxygens (including phenoxy) is 3. The summed E-state index contributed by atoms with van der Waals surface area (Å²) in [7, 11) is 0. The van der Waals surface area contributed by atoms with Crippen molar-refractivity contribution in [1.29, 1.82) is 0 Å². The third-order valence-electron chi connectivity index (χ3n) is 12.6. The highest BCUT2D eigenvalue weighted by Gasteiger charge is 2.19. The Hall–Kier alpha value is -5.75. The summed E-state index contributed by atoms with van der Waals surface area (Å²) in [5, 5.41) is 0. The van der Waals surface area contributed by atoms with Crippen LogP contribution in [0.2, 0.25) is 0 Å². The van der Waals surface area contributed by atoms with E-state index in [1.54, 1.807) is 0 Å². The maximum atomic E-state index is 12.8. The number of carbonyl (C=O) groups is 3. The van der Waals surface area contributed by atoms with Crippen LogP contribution in [0.15, 0.2) is 194 Å². The van der Waals surface area contributed by atoms with Gasteiger partial charge in [0.2, 0.25) is 0 Å². The number of unbranched alkanes of at least 4 members (excludes halogenated alkanes) is 12. The summed E-state index contributed by atoms with van der Waals surface area (Å²) in [4.78, 5) is 37.9. The van der Waals surface area contributed by atoms with Crippen LogP contribution in [0.5, 0.6) is 0 Å². The molecule has 0 radical (unpaired) electrons. The molecule has 6 nitrogen and oxygen atoms in total. The Labute approximate surface area is 497 Å². The Morgan fingerprint density at radius 1 is 0.259 bits per heavy atom. The highest BCUT2D eigenvalue weighted by Crippen LogP contribution is 2.12. The molecule has 0 aliphatic carbocycles. The standard InChI is InChI=1S/C75H114O6/c1-4-7-10-13-15-17-19-21-23-25-27-29-31-33-34-35-36-37-38-39-40-42-43-45-47-49-51-53-55-57-59-62-65-68-74(77)80-71-72(70-79-73(76)67-64-61-12-9-6-3)81-75(78)69-66-63-60-58-56-54-52-50-48-46-44-41-32-30-28-26-24-22-20-18-16-14-11-8-5-2/h7-8,10-11,15-18,21-24,27-30,33-34,36-37,39-41,43-45,48-51,54,56,72H,4-6,9,12-14,19-20,25-26,31-32,35,38,42,46-47,52-53,55,57-71H2,1-3H3/b10-7-,11-8-,17-15-,18-16-,23-21-,24-22-,29-27-,30-28-,34-33-,37-36-,40-39-,44-41-,45-43-,50-48-,51-49-,56-54-. The number of carbonyl (C=O) groups excluding carboxylic acids is 3. The highest BCUT2D eigenvalue weighted by molar-refractivity contribution is 5.71. The van der Waals surface area contributed by atoms with Crippen LogP contribution in [0.1, 0.15) is 239 Å². The van der Waals surface area contributed by atoms with Gasteiger partial charge in [-0.1, -0.05) is 267 Å². The fraction of sp³-hybridized carbons (Fsp3) is 0.533. The second-order valence-electron chi connectivity index (χ2n) is 20.2. The molecule has 0 aliphatic heterocycles. The molecule has 0 rings (SSSR count). The molecule has 0 N–H and O–H groups in total. The van der Waals surface area contributed by atoms with E-state index in [1.165, 1.54) is 0 Å². The van der Waals surface area contributed by atoms with Gasteiger partial charge in [0.1, 0.15) is 13.2 Å². The topological polar surface area (TPSA) is 78.9 Å². The second kappa shape index (κ2) is 66.8. The molecule has 0 aromatic rings. The summed E-state index contributed by atoms with van der Waals surface area (Å²) in [6.07, 6.45) is 102. The van der Waals surface area contributed by atoms with E-state index in [4.69, 9.17) is 14.2 Å². The molecule has 0 bridgehead atoms. The van der Waals surface area contributed by atoms with Crippen LogP contribution >= 0.6 is 0 Å². The zero-order chi connectivity index (χ0) is 58.5. The van der Waals surface area contributed by atoms with E-state index in [9.17, 15) is 14.4 Å². The van der Waals surface area contributed by atoms with Gasteiger partial charge in [-0.2, -0.15) is 0 Å². The molecule has 0 spiro atoms. The van der Waals surface area contributed by atoms with Crippen molar-refractivity contribution >= 4 is 17.9 Å². The molecule has 0 aromatic carbocycles. The van der Waals surface area contributed by atoms with Crippen LogP contribution in [0.25, 0.3) is 0 Å². The van der Waals surface area contributed by atoms with Crippen molar-refractivity contribution in [3.05, 3.63) is 194 Å². The zero-order valence-corrected chi connectivity index (χ0v) is 51.5. The van der Waals surface area contributed by atoms with E-state index in [2.05, 4.69) is 215 Å². The van der Waals surface area contributed by atoms with Gasteiger partial charge in [0.15, 0.2) is 6.10 Å². The van der Waals surface area contributed by atoms with Gasteiger partial charge in [0.25, 0.3) is 0 Å². The van der Waals surface area contributed by atoms with Crippen molar-refractivity contribution < 1.29 is 28.6 Å². The molecule has 0 aliphatic rings. The van der Waals surface area contributed by atoms with E-state index in [1.807, 2.05) is 0 Å². The number of allylic oxidation sites excluding steroid dienone is 32. The molecule has 0 saturated carbocycles. The molecule has 0 aromatic heterocycles. The van der Waals surface area contributed by atoms with E-state index in [-0.39, 0.29) is 37.5 Å². The second-order valence-corrected chi connectivity index (χ2v) is 20.2. The Morgan fingerprint density at radius 3 is 0.765 bits per heavy atom. The summed E-state index contributed by atoms with van der Waals surface area (Å²) in [6.45, 7) is 6.26. The summed E-state index contributed by atoms with van der Waals surface area (Å²) in [5.74, 6) is -0.987. The molecule has 0 fully saturated rings. The summed E-state index contributed by atoms with van der Waals surface area (Å²) in [5.41, 5.74) is 0. The van der Waals surface area contributed by atoms with Crippen LogP contribution < -0.4 is 0 Å². The van der Waals surface area contributed by atoms with Crippen LogP contribution in [-0.4, -0.2) is 37.2 Å². The van der Waals surface area contributed by atoms with Crippen LogP contribution in [0.4, 0.5) is 0 Å². The smallest absolute Gasteiger partial charge is 0.306 e. The van der Waals surface area contributed by atoms with E-state index in [0.29, 0.717) is 19.3 Å². The molecular weight excluding hydrogens is 997 g/mol. The lowest BCUT2D eigenvalue weighted by molar-refractivity contribution is -0.167.